The van der Waals surface area contributed by atoms with Crippen LogP contribution in [0.4, 0.5) is 5.82 Å². The summed E-state index contributed by atoms with van der Waals surface area (Å²) in [5.41, 5.74) is 2.44. The van der Waals surface area contributed by atoms with Gasteiger partial charge in [-0.05, 0) is 38.4 Å². The molecule has 1 saturated heterocycles. The van der Waals surface area contributed by atoms with Crippen LogP contribution in [-0.2, 0) is 0 Å². The number of benzene rings is 1. The maximum absolute atomic E-state index is 4.69. The van der Waals surface area contributed by atoms with Crippen molar-refractivity contribution >= 4 is 27.4 Å². The van der Waals surface area contributed by atoms with E-state index in [0.717, 1.165) is 34.9 Å². The van der Waals surface area contributed by atoms with Gasteiger partial charge in [-0.15, -0.1) is 11.3 Å². The van der Waals surface area contributed by atoms with Gasteiger partial charge in [0.2, 0.25) is 0 Å². The Hall–Kier alpha value is -1.98. The van der Waals surface area contributed by atoms with Gasteiger partial charge in [0, 0.05) is 24.0 Å². The summed E-state index contributed by atoms with van der Waals surface area (Å²) in [6.07, 6.45) is 2.67. The number of aromatic nitrogens is 2. The third-order valence-electron chi connectivity index (χ3n) is 4.55. The quantitative estimate of drug-likeness (QED) is 0.758. The number of hydrogen-bond donors (Lipinski definition) is 1. The number of thiophene rings is 1. The molecule has 1 aromatic carbocycles. The normalized spacial score (nSPS) is 15.2. The Labute approximate surface area is 146 Å². The fourth-order valence-electron chi connectivity index (χ4n) is 3.35. The second kappa shape index (κ2) is 6.87. The fourth-order valence-corrected chi connectivity index (χ4v) is 4.34. The van der Waals surface area contributed by atoms with Crippen LogP contribution in [0.1, 0.15) is 18.7 Å². The molecule has 0 bridgehead atoms. The maximum Gasteiger partial charge on any atom is 0.139 e. The number of nitrogens with zero attached hydrogens (tertiary/aromatic N) is 3. The molecule has 0 unspecified atom stereocenters. The standard InChI is InChI=1S/C19H22N4S/c1-14-21-18(20-9-12-23-10-5-6-11-23)17-16(13-24-19(17)22-14)15-7-3-2-4-8-15/h2-4,7-8,13H,5-6,9-12H2,1H3,(H,20,21,22). The fraction of sp³-hybridized carbons (Fsp3) is 0.368. The summed E-state index contributed by atoms with van der Waals surface area (Å²) in [4.78, 5) is 12.9. The van der Waals surface area contributed by atoms with Crippen LogP contribution in [0, 0.1) is 6.92 Å². The van der Waals surface area contributed by atoms with E-state index < -0.39 is 0 Å². The van der Waals surface area contributed by atoms with Crippen LogP contribution in [0.25, 0.3) is 21.3 Å². The second-order valence-electron chi connectivity index (χ2n) is 6.29. The molecule has 3 aromatic rings. The summed E-state index contributed by atoms with van der Waals surface area (Å²) >= 11 is 1.69. The maximum atomic E-state index is 4.69. The molecule has 0 radical (unpaired) electrons. The highest BCUT2D eigenvalue weighted by atomic mass is 32.1. The molecule has 4 rings (SSSR count). The zero-order chi connectivity index (χ0) is 16.4. The molecule has 0 saturated carbocycles. The molecule has 4 nitrogen and oxygen atoms in total. The topological polar surface area (TPSA) is 41.1 Å². The molecule has 124 valence electrons. The van der Waals surface area contributed by atoms with Crippen molar-refractivity contribution in [2.45, 2.75) is 19.8 Å². The van der Waals surface area contributed by atoms with Crippen molar-refractivity contribution in [3.63, 3.8) is 0 Å². The molecule has 2 aromatic heterocycles. The molecular formula is C19H22N4S. The third-order valence-corrected chi connectivity index (χ3v) is 5.42. The highest BCUT2D eigenvalue weighted by Crippen LogP contribution is 2.36. The predicted octanol–water partition coefficient (Wildman–Crippen LogP) is 4.17. The Morgan fingerprint density at radius 2 is 1.92 bits per heavy atom. The van der Waals surface area contributed by atoms with Gasteiger partial charge in [-0.3, -0.25) is 0 Å². The van der Waals surface area contributed by atoms with Gasteiger partial charge >= 0.3 is 0 Å². The minimum Gasteiger partial charge on any atom is -0.368 e. The molecule has 0 aliphatic carbocycles. The summed E-state index contributed by atoms with van der Waals surface area (Å²) in [6, 6.07) is 10.5. The van der Waals surface area contributed by atoms with E-state index in [4.69, 9.17) is 0 Å². The van der Waals surface area contributed by atoms with Crippen LogP contribution in [0.3, 0.4) is 0 Å². The minimum atomic E-state index is 0.827. The lowest BCUT2D eigenvalue weighted by Gasteiger charge is -2.16. The number of anilines is 1. The second-order valence-corrected chi connectivity index (χ2v) is 7.15. The molecule has 1 aliphatic heterocycles. The summed E-state index contributed by atoms with van der Waals surface area (Å²) in [5, 5.41) is 6.91. The first-order valence-electron chi connectivity index (χ1n) is 8.59. The lowest BCUT2D eigenvalue weighted by molar-refractivity contribution is 0.352. The molecule has 1 fully saturated rings. The van der Waals surface area contributed by atoms with E-state index in [1.807, 2.05) is 13.0 Å². The van der Waals surface area contributed by atoms with Gasteiger partial charge in [0.1, 0.15) is 16.5 Å². The van der Waals surface area contributed by atoms with Gasteiger partial charge in [-0.1, -0.05) is 30.3 Å². The Kier molecular flexibility index (Phi) is 4.45. The Morgan fingerprint density at radius 3 is 2.71 bits per heavy atom. The van der Waals surface area contributed by atoms with E-state index in [0.29, 0.717) is 0 Å². The number of likely N-dealkylation sites (tertiary alicyclic amines) is 1. The van der Waals surface area contributed by atoms with Crippen molar-refractivity contribution < 1.29 is 0 Å². The van der Waals surface area contributed by atoms with Crippen molar-refractivity contribution in [3.05, 3.63) is 41.5 Å². The Bertz CT molecular complexity index is 822. The Balaban J connectivity index is 1.64. The van der Waals surface area contributed by atoms with Crippen molar-refractivity contribution in [1.29, 1.82) is 0 Å². The first-order chi connectivity index (χ1) is 11.8. The van der Waals surface area contributed by atoms with E-state index in [1.54, 1.807) is 11.3 Å². The first-order valence-corrected chi connectivity index (χ1v) is 9.47. The van der Waals surface area contributed by atoms with Gasteiger partial charge in [0.25, 0.3) is 0 Å². The van der Waals surface area contributed by atoms with E-state index in [9.17, 15) is 0 Å². The molecule has 24 heavy (non-hydrogen) atoms. The lowest BCUT2D eigenvalue weighted by atomic mass is 10.1. The van der Waals surface area contributed by atoms with Crippen LogP contribution < -0.4 is 5.32 Å². The van der Waals surface area contributed by atoms with Crippen molar-refractivity contribution in [1.82, 2.24) is 14.9 Å². The molecule has 1 N–H and O–H groups in total. The summed E-state index contributed by atoms with van der Waals surface area (Å²) in [5.74, 6) is 1.80. The predicted molar refractivity (Wildman–Crippen MR) is 102 cm³/mol. The highest BCUT2D eigenvalue weighted by molar-refractivity contribution is 7.17. The largest absolute Gasteiger partial charge is 0.368 e. The lowest BCUT2D eigenvalue weighted by Crippen LogP contribution is -2.26. The number of rotatable bonds is 5. The van der Waals surface area contributed by atoms with Crippen LogP contribution in [0.5, 0.6) is 0 Å². The van der Waals surface area contributed by atoms with Crippen molar-refractivity contribution in [2.75, 3.05) is 31.5 Å². The first kappa shape index (κ1) is 15.5. The van der Waals surface area contributed by atoms with E-state index in [2.05, 4.69) is 49.8 Å². The zero-order valence-electron chi connectivity index (χ0n) is 14.0. The van der Waals surface area contributed by atoms with Gasteiger partial charge < -0.3 is 10.2 Å². The average molecular weight is 338 g/mol. The monoisotopic (exact) mass is 338 g/mol. The molecule has 0 spiro atoms. The number of nitrogens with one attached hydrogen (secondary N) is 1. The molecule has 0 atom stereocenters. The average Bonchev–Trinajstić information content (AvgIpc) is 3.25. The van der Waals surface area contributed by atoms with Gasteiger partial charge in [-0.25, -0.2) is 9.97 Å². The van der Waals surface area contributed by atoms with Crippen LogP contribution in [0.2, 0.25) is 0 Å². The van der Waals surface area contributed by atoms with E-state index in [1.165, 1.54) is 37.1 Å². The van der Waals surface area contributed by atoms with Crippen LogP contribution in [0.15, 0.2) is 35.7 Å². The van der Waals surface area contributed by atoms with Crippen molar-refractivity contribution in [2.24, 2.45) is 0 Å². The van der Waals surface area contributed by atoms with E-state index >= 15 is 0 Å². The molecule has 0 amide bonds. The number of hydrogen-bond acceptors (Lipinski definition) is 5. The van der Waals surface area contributed by atoms with E-state index in [-0.39, 0.29) is 0 Å². The van der Waals surface area contributed by atoms with Crippen LogP contribution >= 0.6 is 11.3 Å². The van der Waals surface area contributed by atoms with Crippen LogP contribution in [-0.4, -0.2) is 41.0 Å². The Morgan fingerprint density at radius 1 is 1.12 bits per heavy atom. The smallest absolute Gasteiger partial charge is 0.139 e. The third kappa shape index (κ3) is 3.14. The summed E-state index contributed by atoms with van der Waals surface area (Å²) in [7, 11) is 0. The van der Waals surface area contributed by atoms with Gasteiger partial charge in [0.05, 0.1) is 5.39 Å². The van der Waals surface area contributed by atoms with Crippen molar-refractivity contribution in [3.8, 4) is 11.1 Å². The SMILES string of the molecule is Cc1nc(NCCN2CCCC2)c2c(-c3ccccc3)csc2n1. The summed E-state index contributed by atoms with van der Waals surface area (Å²) in [6.45, 7) is 6.43. The number of aryl methyl sites for hydroxylation is 1. The zero-order valence-corrected chi connectivity index (χ0v) is 14.8. The molecular weight excluding hydrogens is 316 g/mol. The van der Waals surface area contributed by atoms with Gasteiger partial charge in [-0.2, -0.15) is 0 Å². The number of fused-ring (bicyclic) bond motifs is 1. The highest BCUT2D eigenvalue weighted by Gasteiger charge is 2.15. The molecule has 3 heterocycles. The summed E-state index contributed by atoms with van der Waals surface area (Å²) < 4.78 is 0. The molecule has 1 aliphatic rings. The minimum absolute atomic E-state index is 0.827. The molecule has 5 heteroatoms. The van der Waals surface area contributed by atoms with Gasteiger partial charge in [0.15, 0.2) is 0 Å².